The molecule has 1 heterocycles. The molecule has 0 bridgehead atoms. The molecule has 1 aromatic heterocycles. The van der Waals surface area contributed by atoms with E-state index in [2.05, 4.69) is 10.3 Å². The van der Waals surface area contributed by atoms with Crippen LogP contribution < -0.4 is 10.1 Å². The van der Waals surface area contributed by atoms with Gasteiger partial charge in [-0.2, -0.15) is 0 Å². The first-order valence-corrected chi connectivity index (χ1v) is 8.43. The van der Waals surface area contributed by atoms with E-state index >= 15 is 0 Å². The Hall–Kier alpha value is -2.66. The maximum Gasteiger partial charge on any atom is 0.251 e. The van der Waals surface area contributed by atoms with E-state index in [1.165, 1.54) is 0 Å². The van der Waals surface area contributed by atoms with Crippen LogP contribution in [-0.2, 0) is 6.54 Å². The highest BCUT2D eigenvalue weighted by molar-refractivity contribution is 7.15. The molecule has 0 radical (unpaired) electrons. The number of nitrogens with one attached hydrogen (secondary N) is 1. The van der Waals surface area contributed by atoms with Crippen molar-refractivity contribution in [3.8, 4) is 16.3 Å². The predicted octanol–water partition coefficient (Wildman–Crippen LogP) is 4.06. The van der Waals surface area contributed by atoms with E-state index in [0.717, 1.165) is 26.9 Å². The lowest BCUT2D eigenvalue weighted by molar-refractivity contribution is 0.0951. The number of nitrogens with zero attached hydrogens (tertiary/aromatic N) is 1. The Bertz CT molecular complexity index is 826. The molecule has 0 aliphatic carbocycles. The Morgan fingerprint density at radius 2 is 1.83 bits per heavy atom. The van der Waals surface area contributed by atoms with Crippen molar-refractivity contribution in [2.75, 3.05) is 7.11 Å². The molecule has 1 amide bonds. The zero-order chi connectivity index (χ0) is 16.9. The van der Waals surface area contributed by atoms with E-state index in [1.807, 2.05) is 37.3 Å². The van der Waals surface area contributed by atoms with Gasteiger partial charge in [0.2, 0.25) is 0 Å². The summed E-state index contributed by atoms with van der Waals surface area (Å²) in [5, 5.41) is 3.92. The highest BCUT2D eigenvalue weighted by Crippen LogP contribution is 2.27. The fourth-order valence-corrected chi connectivity index (χ4v) is 3.31. The van der Waals surface area contributed by atoms with Gasteiger partial charge in [-0.1, -0.05) is 30.3 Å². The normalized spacial score (nSPS) is 10.4. The van der Waals surface area contributed by atoms with Gasteiger partial charge in [0.1, 0.15) is 10.8 Å². The molecule has 24 heavy (non-hydrogen) atoms. The third-order valence-electron chi connectivity index (χ3n) is 3.68. The lowest BCUT2D eigenvalue weighted by Crippen LogP contribution is -2.22. The van der Waals surface area contributed by atoms with E-state index in [1.54, 1.807) is 42.7 Å². The third-order valence-corrected chi connectivity index (χ3v) is 4.88. The second kappa shape index (κ2) is 7.27. The summed E-state index contributed by atoms with van der Waals surface area (Å²) in [4.78, 5) is 17.9. The van der Waals surface area contributed by atoms with E-state index in [9.17, 15) is 4.79 Å². The first-order valence-electron chi connectivity index (χ1n) is 7.61. The first kappa shape index (κ1) is 16.2. The van der Waals surface area contributed by atoms with Gasteiger partial charge in [0, 0.05) is 16.0 Å². The maximum atomic E-state index is 12.2. The van der Waals surface area contributed by atoms with Gasteiger partial charge in [-0.15, -0.1) is 11.3 Å². The molecular weight excluding hydrogens is 320 g/mol. The summed E-state index contributed by atoms with van der Waals surface area (Å²) >= 11 is 1.61. The van der Waals surface area contributed by atoms with Crippen molar-refractivity contribution in [1.82, 2.24) is 10.3 Å². The number of rotatable bonds is 5. The van der Waals surface area contributed by atoms with Gasteiger partial charge in [-0.05, 0) is 31.2 Å². The van der Waals surface area contributed by atoms with Crippen LogP contribution in [0.3, 0.4) is 0 Å². The second-order valence-corrected chi connectivity index (χ2v) is 6.39. The molecule has 122 valence electrons. The molecule has 0 unspecified atom stereocenters. The number of aromatic nitrogens is 1. The standard InChI is InChI=1S/C19H18N2O2S/c1-13-17(24-19(21-13)15-6-4-3-5-7-15)12-20-18(22)14-8-10-16(23-2)11-9-14/h3-11H,12H2,1-2H3,(H,20,22). The quantitative estimate of drug-likeness (QED) is 0.763. The lowest BCUT2D eigenvalue weighted by Gasteiger charge is -2.05. The molecule has 0 saturated carbocycles. The molecule has 1 N–H and O–H groups in total. The third kappa shape index (κ3) is 3.63. The number of amides is 1. The average Bonchev–Trinajstić information content (AvgIpc) is 3.01. The maximum absolute atomic E-state index is 12.2. The Morgan fingerprint density at radius 3 is 2.50 bits per heavy atom. The predicted molar refractivity (Wildman–Crippen MR) is 96.5 cm³/mol. The van der Waals surface area contributed by atoms with Crippen LogP contribution in [0.1, 0.15) is 20.9 Å². The summed E-state index contributed by atoms with van der Waals surface area (Å²) < 4.78 is 5.10. The molecule has 0 saturated heterocycles. The highest BCUT2D eigenvalue weighted by Gasteiger charge is 2.11. The molecule has 0 fully saturated rings. The van der Waals surface area contributed by atoms with Gasteiger partial charge in [0.25, 0.3) is 5.91 Å². The molecule has 0 aliphatic heterocycles. The molecule has 0 spiro atoms. The minimum absolute atomic E-state index is 0.105. The van der Waals surface area contributed by atoms with E-state index < -0.39 is 0 Å². The van der Waals surface area contributed by atoms with Crippen LogP contribution in [0, 0.1) is 6.92 Å². The summed E-state index contributed by atoms with van der Waals surface area (Å²) in [5.74, 6) is 0.629. The van der Waals surface area contributed by atoms with Crippen LogP contribution >= 0.6 is 11.3 Å². The van der Waals surface area contributed by atoms with Crippen LogP contribution in [-0.4, -0.2) is 18.0 Å². The smallest absolute Gasteiger partial charge is 0.251 e. The highest BCUT2D eigenvalue weighted by atomic mass is 32.1. The Morgan fingerprint density at radius 1 is 1.12 bits per heavy atom. The van der Waals surface area contributed by atoms with Crippen molar-refractivity contribution < 1.29 is 9.53 Å². The number of ether oxygens (including phenoxy) is 1. The van der Waals surface area contributed by atoms with E-state index in [-0.39, 0.29) is 5.91 Å². The van der Waals surface area contributed by atoms with Crippen molar-refractivity contribution in [2.45, 2.75) is 13.5 Å². The summed E-state index contributed by atoms with van der Waals surface area (Å²) in [6, 6.07) is 17.1. The number of benzene rings is 2. The first-order chi connectivity index (χ1) is 11.7. The fraction of sp³-hybridized carbons (Fsp3) is 0.158. The SMILES string of the molecule is COc1ccc(C(=O)NCc2sc(-c3ccccc3)nc2C)cc1. The fourth-order valence-electron chi connectivity index (χ4n) is 2.30. The largest absolute Gasteiger partial charge is 0.497 e. The molecule has 5 heteroatoms. The molecule has 3 aromatic rings. The van der Waals surface area contributed by atoms with Crippen LogP contribution in [0.5, 0.6) is 5.75 Å². The minimum Gasteiger partial charge on any atom is -0.497 e. The molecule has 0 aliphatic rings. The molecule has 4 nitrogen and oxygen atoms in total. The van der Waals surface area contributed by atoms with Crippen molar-refractivity contribution >= 4 is 17.2 Å². The number of carbonyl (C=O) groups excluding carboxylic acids is 1. The number of thiazole rings is 1. The Kier molecular flexibility index (Phi) is 4.91. The van der Waals surface area contributed by atoms with Crippen LogP contribution in [0.15, 0.2) is 54.6 Å². The van der Waals surface area contributed by atoms with E-state index in [4.69, 9.17) is 4.74 Å². The Labute approximate surface area is 145 Å². The zero-order valence-corrected chi connectivity index (χ0v) is 14.4. The summed E-state index contributed by atoms with van der Waals surface area (Å²) in [5.41, 5.74) is 2.66. The number of methoxy groups -OCH3 is 1. The molecular formula is C19H18N2O2S. The molecule has 0 atom stereocenters. The van der Waals surface area contributed by atoms with Crippen molar-refractivity contribution in [3.05, 3.63) is 70.7 Å². The van der Waals surface area contributed by atoms with Gasteiger partial charge in [0.15, 0.2) is 0 Å². The summed E-state index contributed by atoms with van der Waals surface area (Å²) in [7, 11) is 1.60. The monoisotopic (exact) mass is 338 g/mol. The topological polar surface area (TPSA) is 51.2 Å². The van der Waals surface area contributed by atoms with Crippen molar-refractivity contribution in [2.24, 2.45) is 0 Å². The number of hydrogen-bond donors (Lipinski definition) is 1. The number of aryl methyl sites for hydroxylation is 1. The van der Waals surface area contributed by atoms with Crippen molar-refractivity contribution in [3.63, 3.8) is 0 Å². The van der Waals surface area contributed by atoms with Gasteiger partial charge < -0.3 is 10.1 Å². The second-order valence-electron chi connectivity index (χ2n) is 5.30. The minimum atomic E-state index is -0.105. The molecule has 2 aromatic carbocycles. The van der Waals surface area contributed by atoms with Crippen LogP contribution in [0.2, 0.25) is 0 Å². The van der Waals surface area contributed by atoms with Crippen LogP contribution in [0.4, 0.5) is 0 Å². The van der Waals surface area contributed by atoms with Crippen LogP contribution in [0.25, 0.3) is 10.6 Å². The van der Waals surface area contributed by atoms with Gasteiger partial charge >= 0.3 is 0 Å². The van der Waals surface area contributed by atoms with Crippen molar-refractivity contribution in [1.29, 1.82) is 0 Å². The number of hydrogen-bond acceptors (Lipinski definition) is 4. The summed E-state index contributed by atoms with van der Waals surface area (Å²) in [6.45, 7) is 2.44. The van der Waals surface area contributed by atoms with Gasteiger partial charge in [0.05, 0.1) is 19.3 Å². The molecule has 3 rings (SSSR count). The number of carbonyl (C=O) groups is 1. The van der Waals surface area contributed by atoms with Gasteiger partial charge in [-0.25, -0.2) is 4.98 Å². The van der Waals surface area contributed by atoms with E-state index in [0.29, 0.717) is 12.1 Å². The van der Waals surface area contributed by atoms with Gasteiger partial charge in [-0.3, -0.25) is 4.79 Å². The summed E-state index contributed by atoms with van der Waals surface area (Å²) in [6.07, 6.45) is 0. The lowest BCUT2D eigenvalue weighted by atomic mass is 10.2. The zero-order valence-electron chi connectivity index (χ0n) is 13.6. The average molecular weight is 338 g/mol. The Balaban J connectivity index is 1.68.